The summed E-state index contributed by atoms with van der Waals surface area (Å²) >= 11 is 0. The monoisotopic (exact) mass is 498 g/mol. The van der Waals surface area contributed by atoms with Crippen molar-refractivity contribution >= 4 is 17.3 Å². The van der Waals surface area contributed by atoms with Crippen LogP contribution in [0.25, 0.3) is 5.69 Å². The molecule has 1 N–H and O–H groups in total. The number of aromatic nitrogens is 2. The average molecular weight is 499 g/mol. The van der Waals surface area contributed by atoms with Crippen LogP contribution < -0.4 is 20.3 Å². The first-order chi connectivity index (χ1) is 17.8. The summed E-state index contributed by atoms with van der Waals surface area (Å²) < 4.78 is 12.7. The van der Waals surface area contributed by atoms with Gasteiger partial charge < -0.3 is 19.7 Å². The second kappa shape index (κ2) is 11.0. The van der Waals surface area contributed by atoms with E-state index in [1.54, 1.807) is 67.6 Å². The number of rotatable bonds is 8. The molecule has 190 valence electrons. The summed E-state index contributed by atoms with van der Waals surface area (Å²) in [6.07, 6.45) is 1.52. The minimum Gasteiger partial charge on any atom is -0.497 e. The van der Waals surface area contributed by atoms with Crippen molar-refractivity contribution in [2.75, 3.05) is 26.0 Å². The molecule has 0 spiro atoms. The van der Waals surface area contributed by atoms with E-state index >= 15 is 0 Å². The number of methoxy groups -OCH3 is 1. The molecule has 0 unspecified atom stereocenters. The lowest BCUT2D eigenvalue weighted by Gasteiger charge is -2.17. The molecule has 1 aromatic heterocycles. The predicted molar refractivity (Wildman–Crippen MR) is 145 cm³/mol. The standard InChI is InChI=1S/C29H30N4O4/c1-6-32(4)28(34)21-10-12-22(13-11-21)31-27-26(37-25-9-7-8-19(2)20(25)3)18-30-33(29(27)35)23-14-16-24(36-5)17-15-23/h7-18,31H,6H2,1-5H3. The number of anilines is 2. The van der Waals surface area contributed by atoms with E-state index in [0.29, 0.717) is 35.0 Å². The van der Waals surface area contributed by atoms with E-state index in [9.17, 15) is 9.59 Å². The molecular formula is C29H30N4O4. The van der Waals surface area contributed by atoms with E-state index in [4.69, 9.17) is 9.47 Å². The zero-order valence-electron chi connectivity index (χ0n) is 21.6. The Morgan fingerprint density at radius 1 is 1.00 bits per heavy atom. The van der Waals surface area contributed by atoms with Crippen molar-refractivity contribution < 1.29 is 14.3 Å². The van der Waals surface area contributed by atoms with Gasteiger partial charge in [-0.25, -0.2) is 0 Å². The predicted octanol–water partition coefficient (Wildman–Crippen LogP) is 5.49. The minimum absolute atomic E-state index is 0.0706. The summed E-state index contributed by atoms with van der Waals surface area (Å²) in [5.74, 6) is 1.52. The van der Waals surface area contributed by atoms with Crippen LogP contribution in [0.2, 0.25) is 0 Å². The number of amides is 1. The number of carbonyl (C=O) groups excluding carboxylic acids is 1. The van der Waals surface area contributed by atoms with Crippen molar-refractivity contribution in [3.63, 3.8) is 0 Å². The molecule has 37 heavy (non-hydrogen) atoms. The quantitative estimate of drug-likeness (QED) is 0.346. The number of hydrogen-bond donors (Lipinski definition) is 1. The van der Waals surface area contributed by atoms with Gasteiger partial charge in [-0.2, -0.15) is 9.78 Å². The molecule has 0 atom stereocenters. The lowest BCUT2D eigenvalue weighted by atomic mass is 10.1. The first-order valence-electron chi connectivity index (χ1n) is 12.0. The lowest BCUT2D eigenvalue weighted by Crippen LogP contribution is -2.26. The zero-order valence-corrected chi connectivity index (χ0v) is 21.6. The average Bonchev–Trinajstić information content (AvgIpc) is 2.93. The van der Waals surface area contributed by atoms with E-state index in [0.717, 1.165) is 11.1 Å². The highest BCUT2D eigenvalue weighted by Gasteiger charge is 2.17. The Balaban J connectivity index is 1.75. The summed E-state index contributed by atoms with van der Waals surface area (Å²) in [5.41, 5.74) is 3.64. The highest BCUT2D eigenvalue weighted by molar-refractivity contribution is 5.94. The normalized spacial score (nSPS) is 10.6. The second-order valence-corrected chi connectivity index (χ2v) is 8.62. The number of aryl methyl sites for hydroxylation is 1. The molecule has 0 aliphatic heterocycles. The first-order valence-corrected chi connectivity index (χ1v) is 12.0. The molecule has 0 saturated heterocycles. The molecule has 0 saturated carbocycles. The Morgan fingerprint density at radius 2 is 1.70 bits per heavy atom. The molecule has 4 rings (SSSR count). The number of nitrogens with zero attached hydrogens (tertiary/aromatic N) is 3. The van der Waals surface area contributed by atoms with Crippen molar-refractivity contribution in [1.29, 1.82) is 0 Å². The van der Waals surface area contributed by atoms with Gasteiger partial charge >= 0.3 is 0 Å². The van der Waals surface area contributed by atoms with Gasteiger partial charge in [0.25, 0.3) is 11.5 Å². The second-order valence-electron chi connectivity index (χ2n) is 8.62. The molecular weight excluding hydrogens is 468 g/mol. The van der Waals surface area contributed by atoms with Gasteiger partial charge in [-0.1, -0.05) is 12.1 Å². The molecule has 1 heterocycles. The molecule has 0 fully saturated rings. The smallest absolute Gasteiger partial charge is 0.299 e. The Kier molecular flexibility index (Phi) is 7.57. The molecule has 3 aromatic carbocycles. The summed E-state index contributed by atoms with van der Waals surface area (Å²) in [6.45, 7) is 6.50. The van der Waals surface area contributed by atoms with Crippen molar-refractivity contribution in [1.82, 2.24) is 14.7 Å². The fraction of sp³-hybridized carbons (Fsp3) is 0.207. The number of nitrogens with one attached hydrogen (secondary N) is 1. The van der Waals surface area contributed by atoms with Gasteiger partial charge in [0.15, 0.2) is 11.4 Å². The van der Waals surface area contributed by atoms with Crippen LogP contribution in [0.3, 0.4) is 0 Å². The Labute approximate surface area is 216 Å². The van der Waals surface area contributed by atoms with Crippen LogP contribution in [-0.4, -0.2) is 41.3 Å². The van der Waals surface area contributed by atoms with E-state index in [1.165, 1.54) is 10.9 Å². The van der Waals surface area contributed by atoms with Crippen LogP contribution in [0, 0.1) is 13.8 Å². The summed E-state index contributed by atoms with van der Waals surface area (Å²) in [5, 5.41) is 7.56. The fourth-order valence-corrected chi connectivity index (χ4v) is 3.70. The highest BCUT2D eigenvalue weighted by atomic mass is 16.5. The maximum Gasteiger partial charge on any atom is 0.299 e. The van der Waals surface area contributed by atoms with Gasteiger partial charge in [0, 0.05) is 24.8 Å². The molecule has 0 bridgehead atoms. The van der Waals surface area contributed by atoms with Gasteiger partial charge in [0.1, 0.15) is 11.5 Å². The zero-order chi connectivity index (χ0) is 26.5. The van der Waals surface area contributed by atoms with Crippen molar-refractivity contribution in [2.24, 2.45) is 0 Å². The molecule has 0 aliphatic rings. The third-order valence-corrected chi connectivity index (χ3v) is 6.26. The minimum atomic E-state index is -0.390. The van der Waals surface area contributed by atoms with Crippen LogP contribution in [0.4, 0.5) is 11.4 Å². The topological polar surface area (TPSA) is 85.7 Å². The molecule has 0 radical (unpaired) electrons. The molecule has 8 nitrogen and oxygen atoms in total. The number of hydrogen-bond acceptors (Lipinski definition) is 6. The Morgan fingerprint density at radius 3 is 2.35 bits per heavy atom. The third-order valence-electron chi connectivity index (χ3n) is 6.26. The van der Waals surface area contributed by atoms with E-state index in [-0.39, 0.29) is 22.9 Å². The van der Waals surface area contributed by atoms with Crippen molar-refractivity contribution in [3.05, 3.63) is 100.0 Å². The number of ether oxygens (including phenoxy) is 2. The van der Waals surface area contributed by atoms with Crippen molar-refractivity contribution in [2.45, 2.75) is 20.8 Å². The van der Waals surface area contributed by atoms with E-state index < -0.39 is 0 Å². The SMILES string of the molecule is CCN(C)C(=O)c1ccc(Nc2c(Oc3cccc(C)c3C)cnn(-c3ccc(OC)cc3)c2=O)cc1. The van der Waals surface area contributed by atoms with Crippen LogP contribution in [-0.2, 0) is 0 Å². The molecule has 1 amide bonds. The van der Waals surface area contributed by atoms with Gasteiger partial charge in [0.05, 0.1) is 19.0 Å². The van der Waals surface area contributed by atoms with Gasteiger partial charge in [0.2, 0.25) is 0 Å². The highest BCUT2D eigenvalue weighted by Crippen LogP contribution is 2.32. The van der Waals surface area contributed by atoms with Gasteiger partial charge in [-0.05, 0) is 86.5 Å². The van der Waals surface area contributed by atoms with E-state index in [2.05, 4.69) is 10.4 Å². The summed E-state index contributed by atoms with van der Waals surface area (Å²) in [6, 6.07) is 19.8. The van der Waals surface area contributed by atoms with Crippen LogP contribution in [0.5, 0.6) is 17.2 Å². The fourth-order valence-electron chi connectivity index (χ4n) is 3.70. The largest absolute Gasteiger partial charge is 0.497 e. The lowest BCUT2D eigenvalue weighted by molar-refractivity contribution is 0.0802. The maximum atomic E-state index is 13.7. The first kappa shape index (κ1) is 25.5. The maximum absolute atomic E-state index is 13.7. The molecule has 4 aromatic rings. The third kappa shape index (κ3) is 5.48. The molecule has 8 heteroatoms. The number of benzene rings is 3. The summed E-state index contributed by atoms with van der Waals surface area (Å²) in [7, 11) is 3.34. The van der Waals surface area contributed by atoms with E-state index in [1.807, 2.05) is 39.0 Å². The number of carbonyl (C=O) groups is 1. The molecule has 0 aliphatic carbocycles. The van der Waals surface area contributed by atoms with Crippen molar-refractivity contribution in [3.8, 4) is 22.9 Å². The van der Waals surface area contributed by atoms with Gasteiger partial charge in [-0.3, -0.25) is 9.59 Å². The van der Waals surface area contributed by atoms with Gasteiger partial charge in [-0.15, -0.1) is 0 Å². The van der Waals surface area contributed by atoms with Crippen LogP contribution in [0.1, 0.15) is 28.4 Å². The van der Waals surface area contributed by atoms with Crippen LogP contribution >= 0.6 is 0 Å². The Bertz CT molecular complexity index is 1460. The Hall–Kier alpha value is -4.59. The van der Waals surface area contributed by atoms with Crippen LogP contribution in [0.15, 0.2) is 77.7 Å². The summed E-state index contributed by atoms with van der Waals surface area (Å²) in [4.78, 5) is 27.8.